The van der Waals surface area contributed by atoms with E-state index in [0.29, 0.717) is 16.5 Å². The molecular weight excluding hydrogens is 407 g/mol. The number of carbonyl (C=O) groups is 2. The zero-order valence-corrected chi connectivity index (χ0v) is 17.2. The molecule has 4 rings (SSSR count). The first-order chi connectivity index (χ1) is 14.4. The molecule has 9 heteroatoms. The summed E-state index contributed by atoms with van der Waals surface area (Å²) in [6.07, 6.45) is 4.21. The van der Waals surface area contributed by atoms with E-state index in [-0.39, 0.29) is 18.2 Å². The summed E-state index contributed by atoms with van der Waals surface area (Å²) in [5.41, 5.74) is 7.10. The number of halogens is 1. The first-order valence-corrected chi connectivity index (χ1v) is 10.4. The molecule has 1 aliphatic rings. The molecule has 0 spiro atoms. The van der Waals surface area contributed by atoms with E-state index in [1.807, 2.05) is 0 Å². The van der Waals surface area contributed by atoms with Gasteiger partial charge >= 0.3 is 0 Å². The Labute approximate surface area is 176 Å². The standard InChI is InChI=1S/C21H21FN4O3S/c1-12-6-7-13-17(10-12)30-21(18(13)19(23)27)24-20(28)15-8-9-26(25-15)11-29-16-5-3-2-4-14(16)22/h2-5,8-9,12H,6-7,10-11H2,1H3,(H2,23,27)(H,24,28)/t12-/m0/s1. The number of benzene rings is 1. The highest BCUT2D eigenvalue weighted by atomic mass is 32.1. The van der Waals surface area contributed by atoms with Crippen molar-refractivity contribution in [2.45, 2.75) is 32.9 Å². The minimum atomic E-state index is -0.541. The summed E-state index contributed by atoms with van der Waals surface area (Å²) >= 11 is 1.40. The molecule has 2 heterocycles. The van der Waals surface area contributed by atoms with Crippen molar-refractivity contribution in [1.29, 1.82) is 0 Å². The summed E-state index contributed by atoms with van der Waals surface area (Å²) in [6, 6.07) is 7.58. The SMILES string of the molecule is C[C@H]1CCc2c(sc(NC(=O)c3ccn(COc4ccccc4F)n3)c2C(N)=O)C1. The van der Waals surface area contributed by atoms with E-state index in [1.165, 1.54) is 34.2 Å². The van der Waals surface area contributed by atoms with Gasteiger partial charge in [-0.15, -0.1) is 11.3 Å². The zero-order chi connectivity index (χ0) is 21.3. The highest BCUT2D eigenvalue weighted by molar-refractivity contribution is 7.17. The normalized spacial score (nSPS) is 15.5. The molecule has 156 valence electrons. The van der Waals surface area contributed by atoms with Crippen molar-refractivity contribution < 1.29 is 18.7 Å². The van der Waals surface area contributed by atoms with Gasteiger partial charge in [-0.25, -0.2) is 9.07 Å². The van der Waals surface area contributed by atoms with E-state index < -0.39 is 17.6 Å². The van der Waals surface area contributed by atoms with Gasteiger partial charge in [0.05, 0.1) is 5.56 Å². The number of rotatable bonds is 6. The number of hydrogen-bond donors (Lipinski definition) is 2. The number of amides is 2. The molecule has 1 aliphatic carbocycles. The van der Waals surface area contributed by atoms with Crippen LogP contribution >= 0.6 is 11.3 Å². The molecule has 1 aromatic carbocycles. The van der Waals surface area contributed by atoms with Crippen LogP contribution in [0.15, 0.2) is 36.5 Å². The van der Waals surface area contributed by atoms with E-state index >= 15 is 0 Å². The molecule has 0 radical (unpaired) electrons. The number of aromatic nitrogens is 2. The van der Waals surface area contributed by atoms with Crippen molar-refractivity contribution in [3.63, 3.8) is 0 Å². The second-order valence-electron chi connectivity index (χ2n) is 7.32. The van der Waals surface area contributed by atoms with Crippen LogP contribution in [0.4, 0.5) is 9.39 Å². The van der Waals surface area contributed by atoms with Crippen LogP contribution in [0.5, 0.6) is 5.75 Å². The maximum atomic E-state index is 13.6. The maximum absolute atomic E-state index is 13.6. The summed E-state index contributed by atoms with van der Waals surface area (Å²) in [7, 11) is 0. The number of fused-ring (bicyclic) bond motifs is 1. The summed E-state index contributed by atoms with van der Waals surface area (Å²) in [4.78, 5) is 25.8. The lowest BCUT2D eigenvalue weighted by molar-refractivity contribution is 0.1000. The van der Waals surface area contributed by atoms with Crippen LogP contribution in [-0.2, 0) is 19.6 Å². The van der Waals surface area contributed by atoms with Gasteiger partial charge in [0.1, 0.15) is 5.00 Å². The molecule has 0 bridgehead atoms. The molecule has 2 amide bonds. The highest BCUT2D eigenvalue weighted by Gasteiger charge is 2.27. The molecule has 1 atom stereocenters. The monoisotopic (exact) mass is 428 g/mol. The first kappa shape index (κ1) is 20.1. The average Bonchev–Trinajstić information content (AvgIpc) is 3.31. The van der Waals surface area contributed by atoms with Crippen LogP contribution in [0.1, 0.15) is 44.6 Å². The number of carbonyl (C=O) groups excluding carboxylic acids is 2. The van der Waals surface area contributed by atoms with Gasteiger partial charge in [0.25, 0.3) is 11.8 Å². The van der Waals surface area contributed by atoms with Gasteiger partial charge in [-0.1, -0.05) is 19.1 Å². The van der Waals surface area contributed by atoms with Gasteiger partial charge in [-0.05, 0) is 48.9 Å². The minimum Gasteiger partial charge on any atom is -0.468 e. The Bertz CT molecular complexity index is 1110. The Morgan fingerprint density at radius 2 is 2.17 bits per heavy atom. The van der Waals surface area contributed by atoms with Crippen molar-refractivity contribution in [2.75, 3.05) is 5.32 Å². The molecule has 3 aromatic rings. The number of anilines is 1. The quantitative estimate of drug-likeness (QED) is 0.627. The predicted molar refractivity (Wildman–Crippen MR) is 111 cm³/mol. The Balaban J connectivity index is 1.47. The summed E-state index contributed by atoms with van der Waals surface area (Å²) in [6.45, 7) is 2.12. The lowest BCUT2D eigenvalue weighted by Crippen LogP contribution is -2.19. The molecule has 30 heavy (non-hydrogen) atoms. The van der Waals surface area contributed by atoms with Crippen LogP contribution in [0.25, 0.3) is 0 Å². The number of nitrogens with one attached hydrogen (secondary N) is 1. The fraction of sp³-hybridized carbons (Fsp3) is 0.286. The average molecular weight is 428 g/mol. The fourth-order valence-corrected chi connectivity index (χ4v) is 4.93. The number of hydrogen-bond acceptors (Lipinski definition) is 5. The molecule has 7 nitrogen and oxygen atoms in total. The Kier molecular flexibility index (Phi) is 5.54. The Morgan fingerprint density at radius 1 is 1.37 bits per heavy atom. The number of primary amides is 1. The predicted octanol–water partition coefficient (Wildman–Crippen LogP) is 3.60. The van der Waals surface area contributed by atoms with Gasteiger partial charge < -0.3 is 15.8 Å². The third-order valence-corrected chi connectivity index (χ3v) is 6.22. The van der Waals surface area contributed by atoms with Crippen LogP contribution in [0.3, 0.4) is 0 Å². The van der Waals surface area contributed by atoms with Crippen LogP contribution in [-0.4, -0.2) is 21.6 Å². The first-order valence-electron chi connectivity index (χ1n) is 9.59. The molecular formula is C21H21FN4O3S. The molecule has 0 saturated carbocycles. The minimum absolute atomic E-state index is 0.0497. The molecule has 0 unspecified atom stereocenters. The molecule has 0 fully saturated rings. The van der Waals surface area contributed by atoms with Crippen molar-refractivity contribution in [3.8, 4) is 5.75 Å². The van der Waals surface area contributed by atoms with Gasteiger partial charge in [0.15, 0.2) is 24.0 Å². The topological polar surface area (TPSA) is 99.2 Å². The number of thiophene rings is 1. The van der Waals surface area contributed by atoms with Crippen molar-refractivity contribution >= 4 is 28.2 Å². The third-order valence-electron chi connectivity index (χ3n) is 5.05. The second kappa shape index (κ2) is 8.27. The van der Waals surface area contributed by atoms with Gasteiger partial charge in [-0.3, -0.25) is 9.59 Å². The van der Waals surface area contributed by atoms with E-state index in [9.17, 15) is 14.0 Å². The maximum Gasteiger partial charge on any atom is 0.276 e. The molecule has 0 aliphatic heterocycles. The Hall–Kier alpha value is -3.20. The number of nitrogens with zero attached hydrogens (tertiary/aromatic N) is 2. The molecule has 3 N–H and O–H groups in total. The van der Waals surface area contributed by atoms with Crippen molar-refractivity contribution in [2.24, 2.45) is 11.7 Å². The van der Waals surface area contributed by atoms with E-state index in [1.54, 1.807) is 18.3 Å². The van der Waals surface area contributed by atoms with Crippen molar-refractivity contribution in [3.05, 3.63) is 64.0 Å². The van der Waals surface area contributed by atoms with Crippen LogP contribution in [0.2, 0.25) is 0 Å². The van der Waals surface area contributed by atoms with Crippen molar-refractivity contribution in [1.82, 2.24) is 9.78 Å². The lowest BCUT2D eigenvalue weighted by atomic mass is 9.88. The van der Waals surface area contributed by atoms with E-state index in [2.05, 4.69) is 17.3 Å². The number of para-hydroxylation sites is 1. The van der Waals surface area contributed by atoms with Gasteiger partial charge in [0, 0.05) is 11.1 Å². The summed E-state index contributed by atoms with van der Waals surface area (Å²) < 4.78 is 20.4. The largest absolute Gasteiger partial charge is 0.468 e. The molecule has 2 aromatic heterocycles. The van der Waals surface area contributed by atoms with Gasteiger partial charge in [0.2, 0.25) is 0 Å². The lowest BCUT2D eigenvalue weighted by Gasteiger charge is -2.18. The van der Waals surface area contributed by atoms with Crippen LogP contribution in [0, 0.1) is 11.7 Å². The zero-order valence-electron chi connectivity index (χ0n) is 16.4. The van der Waals surface area contributed by atoms with Gasteiger partial charge in [-0.2, -0.15) is 5.10 Å². The third kappa shape index (κ3) is 4.06. The van der Waals surface area contributed by atoms with E-state index in [0.717, 1.165) is 29.7 Å². The second-order valence-corrected chi connectivity index (χ2v) is 8.42. The summed E-state index contributed by atoms with van der Waals surface area (Å²) in [5.74, 6) is -0.832. The number of ether oxygens (including phenoxy) is 1. The highest BCUT2D eigenvalue weighted by Crippen LogP contribution is 2.39. The van der Waals surface area contributed by atoms with E-state index in [4.69, 9.17) is 10.5 Å². The van der Waals surface area contributed by atoms with Crippen LogP contribution < -0.4 is 15.8 Å². The Morgan fingerprint density at radius 3 is 2.93 bits per heavy atom. The fourth-order valence-electron chi connectivity index (χ4n) is 3.52. The smallest absolute Gasteiger partial charge is 0.276 e. The summed E-state index contributed by atoms with van der Waals surface area (Å²) in [5, 5.41) is 7.41. The number of nitrogens with two attached hydrogens (primary N) is 1. The molecule has 0 saturated heterocycles.